The molecule has 0 aliphatic carbocycles. The zero-order valence-corrected chi connectivity index (χ0v) is 12.3. The van der Waals surface area contributed by atoms with Crippen molar-refractivity contribution in [3.8, 4) is 0 Å². The summed E-state index contributed by atoms with van der Waals surface area (Å²) in [4.78, 5) is 17.6. The Bertz CT molecular complexity index is 597. The van der Waals surface area contributed by atoms with Gasteiger partial charge in [0.25, 0.3) is 5.91 Å². The molecule has 2 aliphatic heterocycles. The van der Waals surface area contributed by atoms with Gasteiger partial charge in [-0.3, -0.25) is 9.69 Å². The number of amides is 1. The molecule has 18 heavy (non-hydrogen) atoms. The molecule has 92 valence electrons. The summed E-state index contributed by atoms with van der Waals surface area (Å²) >= 11 is 8.17. The van der Waals surface area contributed by atoms with Gasteiger partial charge in [-0.25, -0.2) is 0 Å². The van der Waals surface area contributed by atoms with Crippen LogP contribution in [0.4, 0.5) is 5.69 Å². The SMILES string of the molecule is CN1C(=O)/C(=C2\Sc3ccccc3N2C)SC1=S. The highest BCUT2D eigenvalue weighted by atomic mass is 32.2. The quantitative estimate of drug-likeness (QED) is 0.541. The summed E-state index contributed by atoms with van der Waals surface area (Å²) in [6, 6.07) is 8.13. The fourth-order valence-corrected chi connectivity index (χ4v) is 4.38. The van der Waals surface area contributed by atoms with E-state index in [-0.39, 0.29) is 5.91 Å². The number of hydrogen-bond donors (Lipinski definition) is 0. The van der Waals surface area contributed by atoms with Crippen molar-refractivity contribution in [3.05, 3.63) is 34.2 Å². The number of rotatable bonds is 0. The third kappa shape index (κ3) is 1.67. The molecule has 0 spiro atoms. The predicted octanol–water partition coefficient (Wildman–Crippen LogP) is 2.89. The lowest BCUT2D eigenvalue weighted by molar-refractivity contribution is -0.121. The van der Waals surface area contributed by atoms with Gasteiger partial charge in [0.15, 0.2) is 0 Å². The van der Waals surface area contributed by atoms with Crippen LogP contribution in [0, 0.1) is 0 Å². The number of anilines is 1. The third-order valence-electron chi connectivity index (χ3n) is 2.89. The van der Waals surface area contributed by atoms with Gasteiger partial charge >= 0.3 is 0 Å². The molecule has 1 saturated heterocycles. The monoisotopic (exact) mass is 294 g/mol. The van der Waals surface area contributed by atoms with E-state index in [1.807, 2.05) is 19.2 Å². The van der Waals surface area contributed by atoms with Gasteiger partial charge in [-0.05, 0) is 12.1 Å². The lowest BCUT2D eigenvalue weighted by atomic mass is 10.3. The first-order chi connectivity index (χ1) is 8.59. The maximum Gasteiger partial charge on any atom is 0.268 e. The number of thioether (sulfide) groups is 2. The van der Waals surface area contributed by atoms with Crippen molar-refractivity contribution >= 4 is 51.7 Å². The van der Waals surface area contributed by atoms with Gasteiger partial charge in [0, 0.05) is 19.0 Å². The maximum atomic E-state index is 12.1. The van der Waals surface area contributed by atoms with E-state index < -0.39 is 0 Å². The number of likely N-dealkylation sites (N-methyl/N-ethyl adjacent to an activating group) is 1. The van der Waals surface area contributed by atoms with Crippen LogP contribution in [0.5, 0.6) is 0 Å². The van der Waals surface area contributed by atoms with Gasteiger partial charge in [0.05, 0.1) is 10.7 Å². The predicted molar refractivity (Wildman–Crippen MR) is 80.7 cm³/mol. The van der Waals surface area contributed by atoms with Crippen molar-refractivity contribution in [2.75, 3.05) is 19.0 Å². The second-order valence-electron chi connectivity index (χ2n) is 4.00. The van der Waals surface area contributed by atoms with Crippen molar-refractivity contribution in [2.24, 2.45) is 0 Å². The van der Waals surface area contributed by atoms with Crippen molar-refractivity contribution in [1.29, 1.82) is 0 Å². The summed E-state index contributed by atoms with van der Waals surface area (Å²) in [6.07, 6.45) is 0. The molecule has 3 rings (SSSR count). The van der Waals surface area contributed by atoms with Crippen LogP contribution >= 0.6 is 35.7 Å². The molecule has 2 heterocycles. The number of nitrogens with zero attached hydrogens (tertiary/aromatic N) is 2. The molecule has 2 aliphatic rings. The molecule has 1 aromatic rings. The van der Waals surface area contributed by atoms with E-state index in [2.05, 4.69) is 17.0 Å². The van der Waals surface area contributed by atoms with Crippen LogP contribution in [0.25, 0.3) is 0 Å². The second kappa shape index (κ2) is 4.29. The summed E-state index contributed by atoms with van der Waals surface area (Å²) in [5.41, 5.74) is 1.14. The molecular weight excluding hydrogens is 284 g/mol. The van der Waals surface area contributed by atoms with E-state index in [9.17, 15) is 4.79 Å². The largest absolute Gasteiger partial charge is 0.337 e. The number of carbonyl (C=O) groups is 1. The first kappa shape index (κ1) is 12.1. The minimum atomic E-state index is -0.00726. The van der Waals surface area contributed by atoms with E-state index in [4.69, 9.17) is 12.2 Å². The van der Waals surface area contributed by atoms with Crippen LogP contribution < -0.4 is 4.90 Å². The Hall–Kier alpha value is -0.980. The van der Waals surface area contributed by atoms with Crippen LogP contribution in [0.2, 0.25) is 0 Å². The van der Waals surface area contributed by atoms with Crippen LogP contribution in [-0.4, -0.2) is 29.2 Å². The normalized spacial score (nSPS) is 23.0. The van der Waals surface area contributed by atoms with E-state index in [1.54, 1.807) is 18.8 Å². The highest BCUT2D eigenvalue weighted by molar-refractivity contribution is 8.27. The van der Waals surface area contributed by atoms with E-state index in [0.717, 1.165) is 15.6 Å². The minimum Gasteiger partial charge on any atom is -0.337 e. The topological polar surface area (TPSA) is 23.6 Å². The van der Waals surface area contributed by atoms with E-state index in [0.29, 0.717) is 4.32 Å². The number of hydrogen-bond acceptors (Lipinski definition) is 5. The maximum absolute atomic E-state index is 12.1. The minimum absolute atomic E-state index is 0.00726. The Morgan fingerprint density at radius 2 is 1.83 bits per heavy atom. The molecule has 0 atom stereocenters. The first-order valence-corrected chi connectivity index (χ1v) is 7.38. The van der Waals surface area contributed by atoms with Gasteiger partial charge in [-0.1, -0.05) is 47.9 Å². The third-order valence-corrected chi connectivity index (χ3v) is 5.80. The van der Waals surface area contributed by atoms with Crippen LogP contribution in [0.15, 0.2) is 39.1 Å². The molecule has 0 unspecified atom stereocenters. The Kier molecular flexibility index (Phi) is 2.88. The molecule has 0 N–H and O–H groups in total. The zero-order valence-electron chi connectivity index (χ0n) is 9.84. The average Bonchev–Trinajstić information content (AvgIpc) is 2.83. The van der Waals surface area contributed by atoms with E-state index in [1.165, 1.54) is 21.6 Å². The molecule has 3 nitrogen and oxygen atoms in total. The van der Waals surface area contributed by atoms with Crippen LogP contribution in [0.1, 0.15) is 0 Å². The van der Waals surface area contributed by atoms with Gasteiger partial charge in [0.1, 0.15) is 9.23 Å². The van der Waals surface area contributed by atoms with Gasteiger partial charge in [-0.2, -0.15) is 0 Å². The number of para-hydroxylation sites is 1. The number of benzene rings is 1. The zero-order chi connectivity index (χ0) is 12.9. The lowest BCUT2D eigenvalue weighted by Crippen LogP contribution is -2.23. The fraction of sp³-hybridized carbons (Fsp3) is 0.167. The Morgan fingerprint density at radius 1 is 1.11 bits per heavy atom. The molecule has 1 aromatic carbocycles. The fourth-order valence-electron chi connectivity index (χ4n) is 1.87. The van der Waals surface area contributed by atoms with Crippen molar-refractivity contribution in [2.45, 2.75) is 4.90 Å². The molecule has 0 aromatic heterocycles. The molecule has 0 radical (unpaired) electrons. The average molecular weight is 294 g/mol. The van der Waals surface area contributed by atoms with Crippen molar-refractivity contribution < 1.29 is 4.79 Å². The van der Waals surface area contributed by atoms with E-state index >= 15 is 0 Å². The Labute approximate surface area is 119 Å². The second-order valence-corrected chi connectivity index (χ2v) is 6.67. The summed E-state index contributed by atoms with van der Waals surface area (Å²) in [5.74, 6) is -0.00726. The molecule has 0 bridgehead atoms. The Morgan fingerprint density at radius 3 is 2.44 bits per heavy atom. The number of thiocarbonyl (C=S) groups is 1. The van der Waals surface area contributed by atoms with Crippen molar-refractivity contribution in [3.63, 3.8) is 0 Å². The first-order valence-electron chi connectivity index (χ1n) is 5.34. The Balaban J connectivity index is 2.07. The summed E-state index contributed by atoms with van der Waals surface area (Å²) in [5, 5.41) is 0.970. The highest BCUT2D eigenvalue weighted by Crippen LogP contribution is 2.49. The summed E-state index contributed by atoms with van der Waals surface area (Å²) in [7, 11) is 3.70. The molecular formula is C12H10N2OS3. The summed E-state index contributed by atoms with van der Waals surface area (Å²) in [6.45, 7) is 0. The smallest absolute Gasteiger partial charge is 0.268 e. The lowest BCUT2D eigenvalue weighted by Gasteiger charge is -2.14. The molecule has 1 amide bonds. The number of fused-ring (bicyclic) bond motifs is 1. The van der Waals surface area contributed by atoms with Crippen molar-refractivity contribution in [1.82, 2.24) is 4.90 Å². The summed E-state index contributed by atoms with van der Waals surface area (Å²) < 4.78 is 0.618. The van der Waals surface area contributed by atoms with Gasteiger partial charge < -0.3 is 4.90 Å². The van der Waals surface area contributed by atoms with Crippen LogP contribution in [-0.2, 0) is 4.79 Å². The van der Waals surface area contributed by atoms with Gasteiger partial charge in [-0.15, -0.1) is 0 Å². The van der Waals surface area contributed by atoms with Crippen LogP contribution in [0.3, 0.4) is 0 Å². The molecule has 6 heteroatoms. The molecule has 0 saturated carbocycles. The highest BCUT2D eigenvalue weighted by Gasteiger charge is 2.36. The molecule has 1 fully saturated rings. The number of carbonyl (C=O) groups excluding carboxylic acids is 1. The van der Waals surface area contributed by atoms with Gasteiger partial charge in [0.2, 0.25) is 0 Å². The standard InChI is InChI=1S/C12H10N2OS3/c1-13-7-5-3-4-6-8(7)17-11(13)9-10(15)14(2)12(16)18-9/h3-6H,1-2H3/b11-9+.